The zero-order chi connectivity index (χ0) is 22.0. The summed E-state index contributed by atoms with van der Waals surface area (Å²) in [6, 6.07) is 11.5. The molecule has 2 aromatic carbocycles. The van der Waals surface area contributed by atoms with Crippen LogP contribution in [-0.4, -0.2) is 24.2 Å². The third-order valence-electron chi connectivity index (χ3n) is 5.06. The van der Waals surface area contributed by atoms with E-state index >= 15 is 0 Å². The van der Waals surface area contributed by atoms with E-state index in [9.17, 15) is 9.90 Å². The topological polar surface area (TPSA) is 49.8 Å². The number of carbonyl (C=O) groups is 1. The lowest BCUT2D eigenvalue weighted by Crippen LogP contribution is -2.23. The van der Waals surface area contributed by atoms with Crippen molar-refractivity contribution < 1.29 is 14.6 Å². The average Bonchev–Trinajstić information content (AvgIpc) is 2.62. The molecule has 0 saturated heterocycles. The summed E-state index contributed by atoms with van der Waals surface area (Å²) in [6.45, 7) is 18.7. The van der Waals surface area contributed by atoms with Crippen LogP contribution in [0.2, 0.25) is 0 Å². The number of aromatic carboxylic acids is 1. The molecule has 1 N–H and O–H groups in total. The number of carboxylic acids is 1. The van der Waals surface area contributed by atoms with Gasteiger partial charge in [-0.2, -0.15) is 0 Å². The van der Waals surface area contributed by atoms with E-state index in [2.05, 4.69) is 65.5 Å². The third-order valence-corrected chi connectivity index (χ3v) is 5.06. The van der Waals surface area contributed by atoms with Gasteiger partial charge in [0.1, 0.15) is 5.75 Å². The van der Waals surface area contributed by atoms with Gasteiger partial charge < -0.3 is 14.7 Å². The Kier molecular flexibility index (Phi) is 6.67. The SMILES string of the molecule is CCOc1c(N(CC)c2ccc(C(=O)O)cc2)cc(C(C)(C)C)cc1C(C)(C)C. The van der Waals surface area contributed by atoms with Crippen LogP contribution in [0.15, 0.2) is 36.4 Å². The summed E-state index contributed by atoms with van der Waals surface area (Å²) in [5, 5.41) is 9.22. The first-order valence-electron chi connectivity index (χ1n) is 10.3. The molecule has 0 unspecified atom stereocenters. The lowest BCUT2D eigenvalue weighted by atomic mass is 9.79. The van der Waals surface area contributed by atoms with E-state index in [1.165, 1.54) is 11.1 Å². The maximum Gasteiger partial charge on any atom is 0.335 e. The molecule has 0 atom stereocenters. The normalized spacial score (nSPS) is 12.0. The Labute approximate surface area is 175 Å². The highest BCUT2D eigenvalue weighted by Gasteiger charge is 2.28. The number of carboxylic acid groups (broad SMARTS) is 1. The second-order valence-corrected chi connectivity index (χ2v) is 9.40. The lowest BCUT2D eigenvalue weighted by molar-refractivity contribution is 0.0697. The maximum atomic E-state index is 11.2. The predicted molar refractivity (Wildman–Crippen MR) is 121 cm³/mol. The molecule has 0 amide bonds. The zero-order valence-electron chi connectivity index (χ0n) is 19.1. The Morgan fingerprint density at radius 1 is 0.966 bits per heavy atom. The molecule has 0 spiro atoms. The van der Waals surface area contributed by atoms with Crippen molar-refractivity contribution in [1.29, 1.82) is 0 Å². The van der Waals surface area contributed by atoms with E-state index in [0.29, 0.717) is 6.61 Å². The molecule has 4 nitrogen and oxygen atoms in total. The van der Waals surface area contributed by atoms with E-state index < -0.39 is 5.97 Å². The molecule has 4 heteroatoms. The van der Waals surface area contributed by atoms with Gasteiger partial charge in [0.05, 0.1) is 17.9 Å². The third kappa shape index (κ3) is 5.11. The summed E-state index contributed by atoms with van der Waals surface area (Å²) in [5.74, 6) is -0.0171. The molecule has 0 heterocycles. The molecule has 0 fully saturated rings. The fourth-order valence-electron chi connectivity index (χ4n) is 3.38. The summed E-state index contributed by atoms with van der Waals surface area (Å²) < 4.78 is 6.19. The summed E-state index contributed by atoms with van der Waals surface area (Å²) in [4.78, 5) is 13.4. The van der Waals surface area contributed by atoms with Crippen molar-refractivity contribution in [2.75, 3.05) is 18.1 Å². The number of anilines is 2. The van der Waals surface area contributed by atoms with E-state index in [1.54, 1.807) is 12.1 Å². The van der Waals surface area contributed by atoms with Crippen molar-refractivity contribution >= 4 is 17.3 Å². The molecule has 0 aliphatic carbocycles. The minimum absolute atomic E-state index is 0.00787. The first-order valence-corrected chi connectivity index (χ1v) is 10.3. The van der Waals surface area contributed by atoms with Crippen LogP contribution in [0.5, 0.6) is 5.75 Å². The van der Waals surface area contributed by atoms with Crippen molar-refractivity contribution in [2.24, 2.45) is 0 Å². The van der Waals surface area contributed by atoms with Crippen molar-refractivity contribution in [2.45, 2.75) is 66.2 Å². The van der Waals surface area contributed by atoms with Gasteiger partial charge in [-0.15, -0.1) is 0 Å². The van der Waals surface area contributed by atoms with E-state index in [-0.39, 0.29) is 16.4 Å². The van der Waals surface area contributed by atoms with Crippen LogP contribution in [0.4, 0.5) is 11.4 Å². The molecule has 0 aliphatic rings. The van der Waals surface area contributed by atoms with Gasteiger partial charge in [-0.05, 0) is 60.6 Å². The van der Waals surface area contributed by atoms with E-state index in [1.807, 2.05) is 19.1 Å². The van der Waals surface area contributed by atoms with Crippen molar-refractivity contribution in [3.63, 3.8) is 0 Å². The van der Waals surface area contributed by atoms with Gasteiger partial charge in [0.2, 0.25) is 0 Å². The molecule has 2 rings (SSSR count). The van der Waals surface area contributed by atoms with Crippen molar-refractivity contribution in [1.82, 2.24) is 0 Å². The average molecular weight is 398 g/mol. The fourth-order valence-corrected chi connectivity index (χ4v) is 3.38. The number of hydrogen-bond acceptors (Lipinski definition) is 3. The highest BCUT2D eigenvalue weighted by molar-refractivity contribution is 5.88. The Balaban J connectivity index is 2.76. The van der Waals surface area contributed by atoms with Gasteiger partial charge in [0.15, 0.2) is 0 Å². The van der Waals surface area contributed by atoms with Gasteiger partial charge in [0, 0.05) is 17.8 Å². The molecule has 158 valence electrons. The number of hydrogen-bond donors (Lipinski definition) is 1. The number of benzene rings is 2. The predicted octanol–water partition coefficient (Wildman–Crippen LogP) is 6.54. The second-order valence-electron chi connectivity index (χ2n) is 9.40. The molecule has 0 aliphatic heterocycles. The quantitative estimate of drug-likeness (QED) is 0.601. The standard InChI is InChI=1S/C25H35NO3/c1-9-26(19-13-11-17(12-14-19)23(27)28)21-16-18(24(3,4)5)15-20(25(6,7)8)22(21)29-10-2/h11-16H,9-10H2,1-8H3,(H,27,28). The van der Waals surface area contributed by atoms with Gasteiger partial charge in [-0.1, -0.05) is 47.6 Å². The molecule has 2 aromatic rings. The molecular formula is C25H35NO3. The first kappa shape index (κ1) is 22.8. The highest BCUT2D eigenvalue weighted by atomic mass is 16.5. The van der Waals surface area contributed by atoms with Crippen LogP contribution >= 0.6 is 0 Å². The molecular weight excluding hydrogens is 362 g/mol. The highest BCUT2D eigenvalue weighted by Crippen LogP contribution is 2.44. The molecule has 0 saturated carbocycles. The van der Waals surface area contributed by atoms with Gasteiger partial charge in [-0.3, -0.25) is 0 Å². The van der Waals surface area contributed by atoms with Gasteiger partial charge in [0.25, 0.3) is 0 Å². The second kappa shape index (κ2) is 8.48. The first-order chi connectivity index (χ1) is 13.4. The van der Waals surface area contributed by atoms with Gasteiger partial charge in [-0.25, -0.2) is 4.79 Å². The lowest BCUT2D eigenvalue weighted by Gasteiger charge is -2.33. The summed E-state index contributed by atoms with van der Waals surface area (Å²) in [7, 11) is 0. The molecule has 0 radical (unpaired) electrons. The number of ether oxygens (including phenoxy) is 1. The van der Waals surface area contributed by atoms with Gasteiger partial charge >= 0.3 is 5.97 Å². The van der Waals surface area contributed by atoms with Crippen LogP contribution in [0, 0.1) is 0 Å². The molecule has 29 heavy (non-hydrogen) atoms. The van der Waals surface area contributed by atoms with E-state index in [0.717, 1.165) is 23.7 Å². The Morgan fingerprint density at radius 3 is 1.97 bits per heavy atom. The monoisotopic (exact) mass is 397 g/mol. The number of nitrogens with zero attached hydrogens (tertiary/aromatic N) is 1. The van der Waals surface area contributed by atoms with Crippen LogP contribution in [0.25, 0.3) is 0 Å². The number of rotatable bonds is 6. The Bertz CT molecular complexity index is 855. The summed E-state index contributed by atoms with van der Waals surface area (Å²) >= 11 is 0. The molecule has 0 bridgehead atoms. The van der Waals surface area contributed by atoms with Crippen LogP contribution in [0.1, 0.15) is 76.9 Å². The van der Waals surface area contributed by atoms with E-state index in [4.69, 9.17) is 4.74 Å². The summed E-state index contributed by atoms with van der Waals surface area (Å²) in [6.07, 6.45) is 0. The maximum absolute atomic E-state index is 11.2. The largest absolute Gasteiger partial charge is 0.491 e. The molecule has 0 aromatic heterocycles. The van der Waals surface area contributed by atoms with Crippen LogP contribution in [0.3, 0.4) is 0 Å². The Hall–Kier alpha value is -2.49. The smallest absolute Gasteiger partial charge is 0.335 e. The summed E-state index contributed by atoms with van der Waals surface area (Å²) in [5.41, 5.74) is 4.61. The Morgan fingerprint density at radius 2 is 1.55 bits per heavy atom. The fraction of sp³-hybridized carbons (Fsp3) is 0.480. The zero-order valence-corrected chi connectivity index (χ0v) is 19.1. The minimum atomic E-state index is -0.917. The minimum Gasteiger partial charge on any atom is -0.491 e. The van der Waals surface area contributed by atoms with Crippen molar-refractivity contribution in [3.8, 4) is 5.75 Å². The van der Waals surface area contributed by atoms with Crippen molar-refractivity contribution in [3.05, 3.63) is 53.1 Å². The van der Waals surface area contributed by atoms with Crippen LogP contribution < -0.4 is 9.64 Å². The van der Waals surface area contributed by atoms with Crippen LogP contribution in [-0.2, 0) is 10.8 Å².